The molecule has 0 N–H and O–H groups in total. The Morgan fingerprint density at radius 1 is 0.917 bits per heavy atom. The topological polar surface area (TPSA) is 88.1 Å². The molecule has 2 heterocycles. The number of allylic oxidation sites excluding steroid dienone is 3. The maximum absolute atomic E-state index is 13.0. The van der Waals surface area contributed by atoms with Crippen LogP contribution in [-0.2, 0) is 24.7 Å². The lowest BCUT2D eigenvalue weighted by Gasteiger charge is -2.36. The van der Waals surface area contributed by atoms with Gasteiger partial charge in [-0.2, -0.15) is 0 Å². The molecular formula is C29H28O7. The average Bonchev–Trinajstić information content (AvgIpc) is 3.10. The van der Waals surface area contributed by atoms with Crippen LogP contribution in [0.4, 0.5) is 0 Å². The summed E-state index contributed by atoms with van der Waals surface area (Å²) >= 11 is 0. The molecule has 1 saturated heterocycles. The Morgan fingerprint density at radius 3 is 1.83 bits per heavy atom. The summed E-state index contributed by atoms with van der Waals surface area (Å²) < 4.78 is 23.3. The lowest BCUT2D eigenvalue weighted by Crippen LogP contribution is -2.33. The van der Waals surface area contributed by atoms with Crippen molar-refractivity contribution in [1.82, 2.24) is 0 Å². The van der Waals surface area contributed by atoms with Gasteiger partial charge < -0.3 is 18.9 Å². The third-order valence-corrected chi connectivity index (χ3v) is 5.97. The predicted octanol–water partition coefficient (Wildman–Crippen LogP) is 5.77. The molecule has 1 fully saturated rings. The number of esters is 3. The first-order valence-corrected chi connectivity index (χ1v) is 11.8. The van der Waals surface area contributed by atoms with Crippen LogP contribution in [0.1, 0.15) is 45.7 Å². The van der Waals surface area contributed by atoms with E-state index in [2.05, 4.69) is 6.58 Å². The molecule has 2 aliphatic rings. The van der Waals surface area contributed by atoms with Crippen molar-refractivity contribution in [3.05, 3.63) is 83.5 Å². The summed E-state index contributed by atoms with van der Waals surface area (Å²) in [7, 11) is 0. The fourth-order valence-electron chi connectivity index (χ4n) is 4.20. The van der Waals surface area contributed by atoms with Gasteiger partial charge in [-0.25, -0.2) is 4.79 Å². The van der Waals surface area contributed by atoms with Crippen LogP contribution in [0, 0.1) is 11.8 Å². The summed E-state index contributed by atoms with van der Waals surface area (Å²) in [4.78, 5) is 37.4. The van der Waals surface area contributed by atoms with E-state index >= 15 is 0 Å². The van der Waals surface area contributed by atoms with E-state index in [1.807, 2.05) is 13.0 Å². The highest BCUT2D eigenvalue weighted by molar-refractivity contribution is 6.00. The van der Waals surface area contributed by atoms with Crippen LogP contribution < -0.4 is 14.2 Å². The van der Waals surface area contributed by atoms with Crippen molar-refractivity contribution in [3.63, 3.8) is 0 Å². The first-order chi connectivity index (χ1) is 17.1. The van der Waals surface area contributed by atoms with Gasteiger partial charge in [0.05, 0.1) is 17.4 Å². The first-order valence-electron chi connectivity index (χ1n) is 11.8. The summed E-state index contributed by atoms with van der Waals surface area (Å²) in [6, 6.07) is 9.91. The van der Waals surface area contributed by atoms with Gasteiger partial charge in [0.15, 0.2) is 5.60 Å². The molecular weight excluding hydrogens is 460 g/mol. The molecule has 0 bridgehead atoms. The Morgan fingerprint density at radius 2 is 1.42 bits per heavy atom. The van der Waals surface area contributed by atoms with Crippen molar-refractivity contribution in [2.75, 3.05) is 0 Å². The van der Waals surface area contributed by atoms with Crippen molar-refractivity contribution in [3.8, 4) is 23.0 Å². The molecule has 0 atom stereocenters. The van der Waals surface area contributed by atoms with E-state index in [0.29, 0.717) is 45.3 Å². The second-order valence-electron chi connectivity index (χ2n) is 9.16. The molecule has 36 heavy (non-hydrogen) atoms. The number of rotatable bonds is 5. The zero-order valence-electron chi connectivity index (χ0n) is 20.9. The third-order valence-electron chi connectivity index (χ3n) is 5.97. The SMILES string of the molecule is C=C/C=C1/C(=O)OC2(/C1=C/C)c1ccc(OC(=O)C(C)C)cc1Oc1cc(OC(=O)C(C)C)ccc12. The van der Waals surface area contributed by atoms with E-state index in [4.69, 9.17) is 18.9 Å². The fourth-order valence-corrected chi connectivity index (χ4v) is 4.20. The minimum atomic E-state index is -1.31. The molecule has 0 saturated carbocycles. The number of hydrogen-bond donors (Lipinski definition) is 0. The van der Waals surface area contributed by atoms with Gasteiger partial charge in [-0.3, -0.25) is 9.59 Å². The van der Waals surface area contributed by atoms with Crippen molar-refractivity contribution in [2.45, 2.75) is 40.2 Å². The third kappa shape index (κ3) is 4.11. The van der Waals surface area contributed by atoms with E-state index < -0.39 is 11.6 Å². The Bertz CT molecular complexity index is 1260. The van der Waals surface area contributed by atoms with E-state index in [9.17, 15) is 14.4 Å². The average molecular weight is 489 g/mol. The summed E-state index contributed by atoms with van der Waals surface area (Å²) in [6.45, 7) is 12.5. The van der Waals surface area contributed by atoms with Gasteiger partial charge >= 0.3 is 17.9 Å². The molecule has 2 aromatic rings. The molecule has 0 radical (unpaired) electrons. The second kappa shape index (κ2) is 9.49. The Kier molecular flexibility index (Phi) is 6.59. The highest BCUT2D eigenvalue weighted by atomic mass is 16.6. The summed E-state index contributed by atoms with van der Waals surface area (Å²) in [5.41, 5.74) is 0.819. The predicted molar refractivity (Wildman–Crippen MR) is 133 cm³/mol. The van der Waals surface area contributed by atoms with Crippen LogP contribution in [0.25, 0.3) is 0 Å². The van der Waals surface area contributed by atoms with Gasteiger partial charge in [-0.15, -0.1) is 0 Å². The van der Waals surface area contributed by atoms with Gasteiger partial charge in [-0.05, 0) is 37.3 Å². The standard InChI is InChI=1S/C29H28O7/c1-7-9-20-21(8-2)29(36-28(20)32)22-12-10-18(33-26(30)16(3)4)14-24(22)35-25-15-19(11-13-23(25)29)34-27(31)17(5)6/h7-17H,1H2,2-6H3/b20-9+,21-8+. The molecule has 7 nitrogen and oxygen atoms in total. The highest BCUT2D eigenvalue weighted by Gasteiger charge is 2.55. The molecule has 4 rings (SSSR count). The minimum Gasteiger partial charge on any atom is -0.456 e. The molecule has 2 aliphatic heterocycles. The summed E-state index contributed by atoms with van der Waals surface area (Å²) in [5, 5.41) is 0. The number of carbonyl (C=O) groups is 3. The van der Waals surface area contributed by atoms with Crippen molar-refractivity contribution in [1.29, 1.82) is 0 Å². The first kappa shape index (κ1) is 25.0. The summed E-state index contributed by atoms with van der Waals surface area (Å²) in [5.74, 6) is -0.640. The van der Waals surface area contributed by atoms with Gasteiger partial charge in [0.2, 0.25) is 0 Å². The van der Waals surface area contributed by atoms with Gasteiger partial charge in [0.25, 0.3) is 0 Å². The maximum atomic E-state index is 13.0. The maximum Gasteiger partial charge on any atom is 0.340 e. The van der Waals surface area contributed by atoms with Crippen LogP contribution >= 0.6 is 0 Å². The van der Waals surface area contributed by atoms with Gasteiger partial charge in [0.1, 0.15) is 23.0 Å². The van der Waals surface area contributed by atoms with E-state index in [1.54, 1.807) is 70.2 Å². The minimum absolute atomic E-state index is 0.293. The van der Waals surface area contributed by atoms with Gasteiger partial charge in [-0.1, -0.05) is 46.4 Å². The van der Waals surface area contributed by atoms with Crippen LogP contribution in [0.2, 0.25) is 0 Å². The molecule has 0 amide bonds. The van der Waals surface area contributed by atoms with Crippen molar-refractivity contribution in [2.24, 2.45) is 11.8 Å². The Balaban J connectivity index is 1.91. The fraction of sp³-hybridized carbons (Fsp3) is 0.276. The normalized spacial score (nSPS) is 17.6. The Hall–Kier alpha value is -4.13. The highest BCUT2D eigenvalue weighted by Crippen LogP contribution is 2.58. The molecule has 186 valence electrons. The second-order valence-corrected chi connectivity index (χ2v) is 9.16. The number of ether oxygens (including phenoxy) is 4. The lowest BCUT2D eigenvalue weighted by atomic mass is 9.76. The molecule has 0 aliphatic carbocycles. The molecule has 1 spiro atoms. The monoisotopic (exact) mass is 488 g/mol. The van der Waals surface area contributed by atoms with Crippen molar-refractivity contribution >= 4 is 17.9 Å². The summed E-state index contributed by atoms with van der Waals surface area (Å²) in [6.07, 6.45) is 4.96. The van der Waals surface area contributed by atoms with Crippen LogP contribution in [-0.4, -0.2) is 17.9 Å². The largest absolute Gasteiger partial charge is 0.456 e. The quantitative estimate of drug-likeness (QED) is 0.300. The molecule has 7 heteroatoms. The van der Waals surface area contributed by atoms with Crippen LogP contribution in [0.5, 0.6) is 23.0 Å². The lowest BCUT2D eigenvalue weighted by molar-refractivity contribution is -0.143. The molecule has 0 unspecified atom stereocenters. The van der Waals surface area contributed by atoms with E-state index in [0.717, 1.165) is 0 Å². The van der Waals surface area contributed by atoms with Crippen LogP contribution in [0.3, 0.4) is 0 Å². The number of fused-ring (bicyclic) bond motifs is 4. The zero-order valence-corrected chi connectivity index (χ0v) is 20.9. The molecule has 0 aromatic heterocycles. The molecule has 2 aromatic carbocycles. The van der Waals surface area contributed by atoms with E-state index in [1.165, 1.54) is 6.08 Å². The zero-order chi connectivity index (χ0) is 26.2. The van der Waals surface area contributed by atoms with E-state index in [-0.39, 0.29) is 23.8 Å². The van der Waals surface area contributed by atoms with Crippen molar-refractivity contribution < 1.29 is 33.3 Å². The number of carbonyl (C=O) groups excluding carboxylic acids is 3. The van der Waals surface area contributed by atoms with Gasteiger partial charge in [0, 0.05) is 28.8 Å². The van der Waals surface area contributed by atoms with Crippen LogP contribution in [0.15, 0.2) is 72.4 Å². The number of hydrogen-bond acceptors (Lipinski definition) is 7. The Labute approximate surface area is 210 Å². The smallest absolute Gasteiger partial charge is 0.340 e. The number of benzene rings is 2.